The molecule has 0 aliphatic carbocycles. The van der Waals surface area contributed by atoms with Crippen molar-refractivity contribution >= 4 is 11.0 Å². The minimum absolute atomic E-state index is 0.00508. The van der Waals surface area contributed by atoms with Gasteiger partial charge in [-0.3, -0.25) is 4.79 Å². The Balaban J connectivity index is 1.83. The lowest BCUT2D eigenvalue weighted by molar-refractivity contribution is 0.367. The van der Waals surface area contributed by atoms with Crippen LogP contribution in [0.1, 0.15) is 25.7 Å². The first-order valence-electron chi connectivity index (χ1n) is 7.02. The SMILES string of the molecule is O=c1cnc2ccccc2n1CCC1CCCCN1. The summed E-state index contributed by atoms with van der Waals surface area (Å²) in [6, 6.07) is 8.38. The maximum absolute atomic E-state index is 12.0. The Morgan fingerprint density at radius 1 is 1.32 bits per heavy atom. The third-order valence-corrected chi connectivity index (χ3v) is 3.87. The van der Waals surface area contributed by atoms with E-state index in [-0.39, 0.29) is 5.56 Å². The molecular weight excluding hydrogens is 238 g/mol. The predicted octanol–water partition coefficient (Wildman–Crippen LogP) is 1.93. The molecule has 0 saturated carbocycles. The lowest BCUT2D eigenvalue weighted by Crippen LogP contribution is -2.35. The fraction of sp³-hybridized carbons (Fsp3) is 0.467. The Labute approximate surface area is 112 Å². The van der Waals surface area contributed by atoms with Crippen molar-refractivity contribution in [1.29, 1.82) is 0 Å². The number of aromatic nitrogens is 2. The first-order chi connectivity index (χ1) is 9.34. The second-order valence-corrected chi connectivity index (χ2v) is 5.17. The van der Waals surface area contributed by atoms with E-state index in [0.29, 0.717) is 6.04 Å². The smallest absolute Gasteiger partial charge is 0.269 e. The van der Waals surface area contributed by atoms with Crippen molar-refractivity contribution in [2.24, 2.45) is 0 Å². The molecule has 0 amide bonds. The van der Waals surface area contributed by atoms with Gasteiger partial charge in [-0.25, -0.2) is 4.98 Å². The first kappa shape index (κ1) is 12.4. The second kappa shape index (κ2) is 5.53. The van der Waals surface area contributed by atoms with Crippen LogP contribution in [0.2, 0.25) is 0 Å². The van der Waals surface area contributed by atoms with Crippen LogP contribution >= 0.6 is 0 Å². The Bertz CT molecular complexity index is 614. The van der Waals surface area contributed by atoms with Crippen molar-refractivity contribution in [1.82, 2.24) is 14.9 Å². The van der Waals surface area contributed by atoms with Gasteiger partial charge in [-0.2, -0.15) is 0 Å². The van der Waals surface area contributed by atoms with Gasteiger partial charge in [0, 0.05) is 12.6 Å². The van der Waals surface area contributed by atoms with Crippen LogP contribution in [-0.2, 0) is 6.54 Å². The molecule has 1 aliphatic heterocycles. The van der Waals surface area contributed by atoms with Gasteiger partial charge in [0.1, 0.15) is 0 Å². The standard InChI is InChI=1S/C15H19N3O/c19-15-11-17-13-6-1-2-7-14(13)18(15)10-8-12-5-3-4-9-16-12/h1-2,6-7,11-12,16H,3-5,8-10H2. The summed E-state index contributed by atoms with van der Waals surface area (Å²) in [5.74, 6) is 0. The Morgan fingerprint density at radius 2 is 2.21 bits per heavy atom. The summed E-state index contributed by atoms with van der Waals surface area (Å²) in [4.78, 5) is 16.2. The van der Waals surface area contributed by atoms with Gasteiger partial charge < -0.3 is 9.88 Å². The van der Waals surface area contributed by atoms with Crippen LogP contribution in [0.25, 0.3) is 11.0 Å². The van der Waals surface area contributed by atoms with E-state index in [9.17, 15) is 4.79 Å². The molecule has 2 heterocycles. The van der Waals surface area contributed by atoms with Gasteiger partial charge in [0.2, 0.25) is 0 Å². The zero-order valence-corrected chi connectivity index (χ0v) is 11.0. The van der Waals surface area contributed by atoms with Gasteiger partial charge in [0.25, 0.3) is 5.56 Å². The predicted molar refractivity (Wildman–Crippen MR) is 76.3 cm³/mol. The molecule has 100 valence electrons. The summed E-state index contributed by atoms with van der Waals surface area (Å²) in [6.45, 7) is 1.87. The normalized spacial score (nSPS) is 19.7. The fourth-order valence-corrected chi connectivity index (χ4v) is 2.80. The van der Waals surface area contributed by atoms with Crippen LogP contribution in [0.3, 0.4) is 0 Å². The van der Waals surface area contributed by atoms with Gasteiger partial charge >= 0.3 is 0 Å². The van der Waals surface area contributed by atoms with Gasteiger partial charge in [-0.15, -0.1) is 0 Å². The largest absolute Gasteiger partial charge is 0.314 e. The van der Waals surface area contributed by atoms with E-state index in [0.717, 1.165) is 30.5 Å². The molecule has 1 aromatic heterocycles. The van der Waals surface area contributed by atoms with Gasteiger partial charge in [0.05, 0.1) is 17.2 Å². The molecule has 0 spiro atoms. The molecule has 4 nitrogen and oxygen atoms in total. The van der Waals surface area contributed by atoms with Crippen molar-refractivity contribution < 1.29 is 0 Å². The lowest BCUT2D eigenvalue weighted by Gasteiger charge is -2.23. The van der Waals surface area contributed by atoms with Crippen molar-refractivity contribution in [2.75, 3.05) is 6.54 Å². The molecule has 1 aliphatic rings. The van der Waals surface area contributed by atoms with E-state index in [1.165, 1.54) is 25.5 Å². The number of piperidine rings is 1. The summed E-state index contributed by atoms with van der Waals surface area (Å²) < 4.78 is 1.85. The quantitative estimate of drug-likeness (QED) is 0.914. The van der Waals surface area contributed by atoms with Gasteiger partial charge in [0.15, 0.2) is 0 Å². The molecule has 0 bridgehead atoms. The maximum atomic E-state index is 12.0. The highest BCUT2D eigenvalue weighted by Crippen LogP contribution is 2.13. The van der Waals surface area contributed by atoms with Crippen LogP contribution in [0.15, 0.2) is 35.3 Å². The molecule has 1 fully saturated rings. The second-order valence-electron chi connectivity index (χ2n) is 5.17. The number of nitrogens with zero attached hydrogens (tertiary/aromatic N) is 2. The highest BCUT2D eigenvalue weighted by atomic mass is 16.1. The van der Waals surface area contributed by atoms with Crippen molar-refractivity contribution in [3.05, 3.63) is 40.8 Å². The molecule has 1 saturated heterocycles. The Morgan fingerprint density at radius 3 is 3.05 bits per heavy atom. The molecule has 1 aromatic carbocycles. The number of para-hydroxylation sites is 2. The lowest BCUT2D eigenvalue weighted by atomic mass is 10.0. The first-order valence-corrected chi connectivity index (χ1v) is 7.02. The summed E-state index contributed by atoms with van der Waals surface area (Å²) in [5, 5.41) is 3.53. The molecule has 4 heteroatoms. The average Bonchev–Trinajstić information content (AvgIpc) is 2.47. The van der Waals surface area contributed by atoms with E-state index in [2.05, 4.69) is 10.3 Å². The molecule has 2 aromatic rings. The maximum Gasteiger partial charge on any atom is 0.269 e. The summed E-state index contributed by atoms with van der Waals surface area (Å²) in [5.41, 5.74) is 1.82. The third-order valence-electron chi connectivity index (χ3n) is 3.87. The fourth-order valence-electron chi connectivity index (χ4n) is 2.80. The summed E-state index contributed by atoms with van der Waals surface area (Å²) >= 11 is 0. The van der Waals surface area contributed by atoms with Gasteiger partial charge in [-0.1, -0.05) is 18.6 Å². The minimum Gasteiger partial charge on any atom is -0.314 e. The van der Waals surface area contributed by atoms with Crippen LogP contribution < -0.4 is 10.9 Å². The topological polar surface area (TPSA) is 46.9 Å². The molecule has 0 radical (unpaired) electrons. The Kier molecular flexibility index (Phi) is 3.60. The Hall–Kier alpha value is -1.68. The number of aryl methyl sites for hydroxylation is 1. The van der Waals surface area contributed by atoms with Gasteiger partial charge in [-0.05, 0) is 37.9 Å². The van der Waals surface area contributed by atoms with E-state index in [4.69, 9.17) is 0 Å². The molecule has 1 N–H and O–H groups in total. The van der Waals surface area contributed by atoms with E-state index in [1.807, 2.05) is 28.8 Å². The zero-order valence-electron chi connectivity index (χ0n) is 11.0. The number of hydrogen-bond donors (Lipinski definition) is 1. The monoisotopic (exact) mass is 257 g/mol. The molecule has 1 unspecified atom stereocenters. The molecule has 19 heavy (non-hydrogen) atoms. The average molecular weight is 257 g/mol. The van der Waals surface area contributed by atoms with E-state index >= 15 is 0 Å². The van der Waals surface area contributed by atoms with Crippen LogP contribution in [-0.4, -0.2) is 22.1 Å². The van der Waals surface area contributed by atoms with Crippen LogP contribution in [0, 0.1) is 0 Å². The summed E-state index contributed by atoms with van der Waals surface area (Å²) in [6.07, 6.45) is 6.22. The summed E-state index contributed by atoms with van der Waals surface area (Å²) in [7, 11) is 0. The number of benzene rings is 1. The minimum atomic E-state index is -0.00508. The highest BCUT2D eigenvalue weighted by Gasteiger charge is 2.13. The van der Waals surface area contributed by atoms with Crippen molar-refractivity contribution in [3.63, 3.8) is 0 Å². The van der Waals surface area contributed by atoms with Crippen molar-refractivity contribution in [3.8, 4) is 0 Å². The number of rotatable bonds is 3. The van der Waals surface area contributed by atoms with Crippen LogP contribution in [0.5, 0.6) is 0 Å². The third kappa shape index (κ3) is 2.68. The van der Waals surface area contributed by atoms with E-state index in [1.54, 1.807) is 0 Å². The number of nitrogens with one attached hydrogen (secondary N) is 1. The molecule has 3 rings (SSSR count). The number of hydrogen-bond acceptors (Lipinski definition) is 3. The highest BCUT2D eigenvalue weighted by molar-refractivity contribution is 5.74. The number of fused-ring (bicyclic) bond motifs is 1. The van der Waals surface area contributed by atoms with Crippen LogP contribution in [0.4, 0.5) is 0 Å². The molecular formula is C15H19N3O. The molecule has 1 atom stereocenters. The van der Waals surface area contributed by atoms with Crippen molar-refractivity contribution in [2.45, 2.75) is 38.3 Å². The zero-order chi connectivity index (χ0) is 13.1. The van der Waals surface area contributed by atoms with E-state index < -0.39 is 0 Å².